The number of hydrogen-bond donors (Lipinski definition) is 3. The van der Waals surface area contributed by atoms with Crippen LogP contribution >= 0.6 is 0 Å². The maximum absolute atomic E-state index is 14.3. The Hall–Kier alpha value is -3.33. The van der Waals surface area contributed by atoms with Gasteiger partial charge in [0.15, 0.2) is 6.61 Å². The van der Waals surface area contributed by atoms with Gasteiger partial charge in [0.05, 0.1) is 7.11 Å². The summed E-state index contributed by atoms with van der Waals surface area (Å²) in [7, 11) is 1.25. The van der Waals surface area contributed by atoms with E-state index in [0.29, 0.717) is 31.2 Å². The standard InChI is InChI=1S/C24H31FN4O4/c1-32-23(30)16-33-21-7-4-18(22(25)14-21)15-27-24(31)29-12-9-20(10-13-29)28-19-5-2-17(3-6-19)8-11-26/h2-7,14,20,28H,8-13,15-16,26H2,1H3,(H,27,31). The Labute approximate surface area is 193 Å². The van der Waals surface area contributed by atoms with E-state index in [1.54, 1.807) is 11.0 Å². The predicted octanol–water partition coefficient (Wildman–Crippen LogP) is 2.66. The smallest absolute Gasteiger partial charge is 0.343 e. The molecule has 1 aliphatic heterocycles. The van der Waals surface area contributed by atoms with Gasteiger partial charge in [-0.2, -0.15) is 0 Å². The van der Waals surface area contributed by atoms with Crippen LogP contribution in [0, 0.1) is 5.82 Å². The number of nitrogens with one attached hydrogen (secondary N) is 2. The lowest BCUT2D eigenvalue weighted by atomic mass is 10.0. The van der Waals surface area contributed by atoms with Gasteiger partial charge in [-0.05, 0) is 49.6 Å². The molecule has 3 rings (SSSR count). The Kier molecular flexibility index (Phi) is 8.88. The molecule has 4 N–H and O–H groups in total. The summed E-state index contributed by atoms with van der Waals surface area (Å²) >= 11 is 0. The number of nitrogens with two attached hydrogens (primary N) is 1. The minimum absolute atomic E-state index is 0.0648. The number of carbonyl (C=O) groups is 2. The van der Waals surface area contributed by atoms with Crippen molar-refractivity contribution in [3.8, 4) is 5.75 Å². The Bertz CT molecular complexity index is 931. The topological polar surface area (TPSA) is 106 Å². The van der Waals surface area contributed by atoms with Crippen LogP contribution in [0.3, 0.4) is 0 Å². The second-order valence-corrected chi connectivity index (χ2v) is 7.92. The number of benzene rings is 2. The molecule has 33 heavy (non-hydrogen) atoms. The van der Waals surface area contributed by atoms with Crippen LogP contribution in [0.4, 0.5) is 14.9 Å². The lowest BCUT2D eigenvalue weighted by Crippen LogP contribution is -2.46. The third-order valence-electron chi connectivity index (χ3n) is 5.58. The van der Waals surface area contributed by atoms with Crippen molar-refractivity contribution in [2.75, 3.05) is 38.7 Å². The quantitative estimate of drug-likeness (QED) is 0.499. The molecule has 2 amide bonds. The van der Waals surface area contributed by atoms with Gasteiger partial charge in [0.2, 0.25) is 0 Å². The molecule has 0 spiro atoms. The van der Waals surface area contributed by atoms with Crippen LogP contribution < -0.4 is 21.1 Å². The van der Waals surface area contributed by atoms with Crippen LogP contribution in [0.15, 0.2) is 42.5 Å². The lowest BCUT2D eigenvalue weighted by Gasteiger charge is -2.33. The Morgan fingerprint density at radius 1 is 1.15 bits per heavy atom. The average Bonchev–Trinajstić information content (AvgIpc) is 2.83. The summed E-state index contributed by atoms with van der Waals surface area (Å²) in [5.41, 5.74) is 8.20. The molecule has 0 unspecified atom stereocenters. The zero-order valence-corrected chi connectivity index (χ0v) is 18.8. The molecule has 8 nitrogen and oxygen atoms in total. The molecule has 1 fully saturated rings. The zero-order chi connectivity index (χ0) is 23.6. The van der Waals surface area contributed by atoms with Gasteiger partial charge in [0, 0.05) is 43.0 Å². The number of amides is 2. The van der Waals surface area contributed by atoms with Crippen LogP contribution in [0.1, 0.15) is 24.0 Å². The first-order valence-corrected chi connectivity index (χ1v) is 11.0. The number of nitrogens with zero attached hydrogens (tertiary/aromatic N) is 1. The van der Waals surface area contributed by atoms with Gasteiger partial charge in [-0.25, -0.2) is 14.0 Å². The van der Waals surface area contributed by atoms with Gasteiger partial charge in [-0.15, -0.1) is 0 Å². The van der Waals surface area contributed by atoms with Crippen molar-refractivity contribution in [3.05, 3.63) is 59.4 Å². The van der Waals surface area contributed by atoms with Crippen molar-refractivity contribution in [1.82, 2.24) is 10.2 Å². The predicted molar refractivity (Wildman–Crippen MR) is 124 cm³/mol. The fraction of sp³-hybridized carbons (Fsp3) is 0.417. The molecule has 1 aliphatic rings. The number of ether oxygens (including phenoxy) is 2. The monoisotopic (exact) mass is 458 g/mol. The number of methoxy groups -OCH3 is 1. The number of hydrogen-bond acceptors (Lipinski definition) is 6. The molecule has 0 radical (unpaired) electrons. The maximum Gasteiger partial charge on any atom is 0.343 e. The second kappa shape index (κ2) is 12.1. The summed E-state index contributed by atoms with van der Waals surface area (Å²) < 4.78 is 23.9. The SMILES string of the molecule is COC(=O)COc1ccc(CNC(=O)N2CCC(Nc3ccc(CCN)cc3)CC2)c(F)c1. The summed E-state index contributed by atoms with van der Waals surface area (Å²) in [5, 5.41) is 6.29. The average molecular weight is 459 g/mol. The Morgan fingerprint density at radius 2 is 1.88 bits per heavy atom. The Morgan fingerprint density at radius 3 is 2.52 bits per heavy atom. The molecule has 0 aromatic heterocycles. The third kappa shape index (κ3) is 7.35. The number of likely N-dealkylation sites (tertiary alicyclic amines) is 1. The van der Waals surface area contributed by atoms with Gasteiger partial charge in [0.1, 0.15) is 11.6 Å². The number of urea groups is 1. The molecule has 2 aromatic rings. The number of halogens is 1. The van der Waals surface area contributed by atoms with E-state index in [9.17, 15) is 14.0 Å². The molecular weight excluding hydrogens is 427 g/mol. The molecule has 1 heterocycles. The Balaban J connectivity index is 1.41. The van der Waals surface area contributed by atoms with Crippen LogP contribution in [0.2, 0.25) is 0 Å². The van der Waals surface area contributed by atoms with E-state index < -0.39 is 11.8 Å². The molecule has 0 saturated carbocycles. The first-order valence-electron chi connectivity index (χ1n) is 11.0. The second-order valence-electron chi connectivity index (χ2n) is 7.92. The summed E-state index contributed by atoms with van der Waals surface area (Å²) in [6.07, 6.45) is 2.53. The van der Waals surface area contributed by atoms with Crippen LogP contribution in [-0.4, -0.2) is 56.3 Å². The molecule has 1 saturated heterocycles. The van der Waals surface area contributed by atoms with E-state index in [1.807, 2.05) is 0 Å². The number of esters is 1. The van der Waals surface area contributed by atoms with E-state index in [0.717, 1.165) is 24.9 Å². The molecule has 178 valence electrons. The molecular formula is C24H31FN4O4. The molecule has 9 heteroatoms. The largest absolute Gasteiger partial charge is 0.482 e. The van der Waals surface area contributed by atoms with Crippen molar-refractivity contribution in [2.24, 2.45) is 5.73 Å². The molecule has 0 bridgehead atoms. The lowest BCUT2D eigenvalue weighted by molar-refractivity contribution is -0.142. The number of anilines is 1. The van der Waals surface area contributed by atoms with E-state index in [2.05, 4.69) is 39.6 Å². The van der Waals surface area contributed by atoms with Crippen molar-refractivity contribution < 1.29 is 23.5 Å². The van der Waals surface area contributed by atoms with E-state index in [1.165, 1.54) is 24.8 Å². The fourth-order valence-corrected chi connectivity index (χ4v) is 3.64. The van der Waals surface area contributed by atoms with Crippen LogP contribution in [0.25, 0.3) is 0 Å². The van der Waals surface area contributed by atoms with Crippen molar-refractivity contribution in [2.45, 2.75) is 31.8 Å². The molecule has 0 aliphatic carbocycles. The highest BCUT2D eigenvalue weighted by molar-refractivity contribution is 5.74. The molecule has 0 atom stereocenters. The summed E-state index contributed by atoms with van der Waals surface area (Å²) in [6, 6.07) is 12.6. The first kappa shape index (κ1) is 24.3. The van der Waals surface area contributed by atoms with Gasteiger partial charge < -0.3 is 30.7 Å². The van der Waals surface area contributed by atoms with Crippen LogP contribution in [0.5, 0.6) is 5.75 Å². The van der Waals surface area contributed by atoms with E-state index in [-0.39, 0.29) is 24.9 Å². The third-order valence-corrected chi connectivity index (χ3v) is 5.58. The van der Waals surface area contributed by atoms with Crippen molar-refractivity contribution in [1.29, 1.82) is 0 Å². The summed E-state index contributed by atoms with van der Waals surface area (Å²) in [6.45, 7) is 1.65. The first-order chi connectivity index (χ1) is 16.0. The molecule has 2 aromatic carbocycles. The highest BCUT2D eigenvalue weighted by Gasteiger charge is 2.22. The zero-order valence-electron chi connectivity index (χ0n) is 18.8. The van der Waals surface area contributed by atoms with E-state index >= 15 is 0 Å². The number of carbonyl (C=O) groups excluding carboxylic acids is 2. The van der Waals surface area contributed by atoms with Gasteiger partial charge >= 0.3 is 12.0 Å². The van der Waals surface area contributed by atoms with E-state index in [4.69, 9.17) is 10.5 Å². The number of piperidine rings is 1. The maximum atomic E-state index is 14.3. The minimum Gasteiger partial charge on any atom is -0.482 e. The number of rotatable bonds is 9. The van der Waals surface area contributed by atoms with Gasteiger partial charge in [0.25, 0.3) is 0 Å². The highest BCUT2D eigenvalue weighted by Crippen LogP contribution is 2.19. The highest BCUT2D eigenvalue weighted by atomic mass is 19.1. The summed E-state index contributed by atoms with van der Waals surface area (Å²) in [5.74, 6) is -0.847. The summed E-state index contributed by atoms with van der Waals surface area (Å²) in [4.78, 5) is 25.4. The van der Waals surface area contributed by atoms with Crippen molar-refractivity contribution >= 4 is 17.7 Å². The fourth-order valence-electron chi connectivity index (χ4n) is 3.64. The van der Waals surface area contributed by atoms with Gasteiger partial charge in [-0.1, -0.05) is 18.2 Å². The van der Waals surface area contributed by atoms with Crippen LogP contribution in [-0.2, 0) is 22.5 Å². The normalized spacial score (nSPS) is 14.0. The van der Waals surface area contributed by atoms with Gasteiger partial charge in [-0.3, -0.25) is 0 Å². The minimum atomic E-state index is -0.550. The van der Waals surface area contributed by atoms with Crippen molar-refractivity contribution in [3.63, 3.8) is 0 Å².